The van der Waals surface area contributed by atoms with Gasteiger partial charge in [-0.15, -0.1) is 0 Å². The maximum absolute atomic E-state index is 13.5. The van der Waals surface area contributed by atoms with Gasteiger partial charge in [-0.05, 0) is 42.0 Å². The predicted octanol–water partition coefficient (Wildman–Crippen LogP) is 5.74. The second-order valence-corrected chi connectivity index (χ2v) is 10.0. The van der Waals surface area contributed by atoms with E-state index in [-0.39, 0.29) is 22.4 Å². The van der Waals surface area contributed by atoms with Crippen molar-refractivity contribution in [3.8, 4) is 0 Å². The van der Waals surface area contributed by atoms with Gasteiger partial charge in [0.05, 0.1) is 9.92 Å². The Morgan fingerprint density at radius 1 is 0.903 bits per heavy atom. The minimum Gasteiger partial charge on any atom is -0.449 e. The highest BCUT2D eigenvalue weighted by Gasteiger charge is 2.42. The zero-order valence-corrected chi connectivity index (χ0v) is 19.1. The lowest BCUT2D eigenvalue weighted by molar-refractivity contribution is 0.0361. The molecule has 1 aliphatic heterocycles. The lowest BCUT2D eigenvalue weighted by Gasteiger charge is -2.28. The smallest absolute Gasteiger partial charge is 0.227 e. The van der Waals surface area contributed by atoms with Crippen LogP contribution >= 0.6 is 34.8 Å². The second kappa shape index (κ2) is 8.63. The molecule has 0 spiro atoms. The number of benzene rings is 3. The van der Waals surface area contributed by atoms with Crippen molar-refractivity contribution < 1.29 is 13.2 Å². The van der Waals surface area contributed by atoms with Crippen molar-refractivity contribution in [1.29, 1.82) is 0 Å². The lowest BCUT2D eigenvalue weighted by Crippen LogP contribution is -2.28. The zero-order valence-electron chi connectivity index (χ0n) is 16.0. The molecule has 3 aromatic rings. The van der Waals surface area contributed by atoms with Crippen molar-refractivity contribution in [2.45, 2.75) is 17.7 Å². The molecule has 5 nitrogen and oxygen atoms in total. The van der Waals surface area contributed by atoms with E-state index in [1.165, 1.54) is 24.3 Å². The molecule has 0 fully saturated rings. The number of rotatable bonds is 5. The van der Waals surface area contributed by atoms with Crippen LogP contribution in [0, 0.1) is 0 Å². The van der Waals surface area contributed by atoms with Crippen molar-refractivity contribution in [2.75, 3.05) is 0 Å². The molecule has 1 atom stereocenters. The summed E-state index contributed by atoms with van der Waals surface area (Å²) in [5.74, 6) is -0.207. The number of nitrogens with two attached hydrogens (primary N) is 1. The summed E-state index contributed by atoms with van der Waals surface area (Å²) in [5, 5.41) is 1.09. The summed E-state index contributed by atoms with van der Waals surface area (Å²) in [6, 6.07) is 20.2. The number of sulfone groups is 1. The van der Waals surface area contributed by atoms with Crippen molar-refractivity contribution >= 4 is 44.6 Å². The molecule has 0 aliphatic carbocycles. The van der Waals surface area contributed by atoms with E-state index in [4.69, 9.17) is 45.3 Å². The first-order chi connectivity index (χ1) is 14.8. The molecule has 4 rings (SSSR count). The van der Waals surface area contributed by atoms with Gasteiger partial charge in [0.15, 0.2) is 5.03 Å². The molecule has 1 aliphatic rings. The topological polar surface area (TPSA) is 72.6 Å². The molecule has 0 radical (unpaired) electrons. The highest BCUT2D eigenvalue weighted by Crippen LogP contribution is 2.43. The predicted molar refractivity (Wildman–Crippen MR) is 122 cm³/mol. The first-order valence-corrected chi connectivity index (χ1v) is 11.8. The molecule has 0 saturated heterocycles. The normalized spacial score (nSPS) is 16.5. The van der Waals surface area contributed by atoms with Gasteiger partial charge in [0.1, 0.15) is 0 Å². The highest BCUT2D eigenvalue weighted by atomic mass is 35.5. The molecule has 0 saturated carbocycles. The van der Waals surface area contributed by atoms with Crippen molar-refractivity contribution in [3.05, 3.63) is 110 Å². The summed E-state index contributed by atoms with van der Waals surface area (Å²) in [6.07, 6.45) is -0.845. The van der Waals surface area contributed by atoms with Crippen LogP contribution in [0.4, 0.5) is 0 Å². The second-order valence-electron chi connectivity index (χ2n) is 6.88. The Morgan fingerprint density at radius 3 is 2.19 bits per heavy atom. The van der Waals surface area contributed by atoms with Crippen LogP contribution < -0.4 is 5.73 Å². The fourth-order valence-corrected chi connectivity index (χ4v) is 5.49. The van der Waals surface area contributed by atoms with Gasteiger partial charge in [-0.25, -0.2) is 8.42 Å². The molecule has 2 N–H and O–H groups in total. The van der Waals surface area contributed by atoms with Gasteiger partial charge < -0.3 is 15.4 Å². The largest absolute Gasteiger partial charge is 0.449 e. The van der Waals surface area contributed by atoms with Gasteiger partial charge in [-0.2, -0.15) is 0 Å². The molecule has 1 unspecified atom stereocenters. The zero-order chi connectivity index (χ0) is 22.2. The molecule has 9 heteroatoms. The number of nitrogens with zero attached hydrogens (tertiary/aromatic N) is 1. The standard InChI is InChI=1S/C22H17Cl3N2O3S/c23-15-6-9-17(10-7-15)31(28,29)22-20(26)30-21(18-11-8-16(24)12-19(18)25)27(22)13-14-4-2-1-3-5-14/h1-12,21H,13,26H2. The van der Waals surface area contributed by atoms with Crippen LogP contribution in [0.1, 0.15) is 17.4 Å². The Kier molecular flexibility index (Phi) is 6.08. The summed E-state index contributed by atoms with van der Waals surface area (Å²) in [7, 11) is -4.01. The Morgan fingerprint density at radius 2 is 1.55 bits per heavy atom. The summed E-state index contributed by atoms with van der Waals surface area (Å²) in [5.41, 5.74) is 7.55. The number of ether oxygens (including phenoxy) is 1. The summed E-state index contributed by atoms with van der Waals surface area (Å²) in [4.78, 5) is 1.64. The first kappa shape index (κ1) is 21.8. The van der Waals surface area contributed by atoms with E-state index >= 15 is 0 Å². The summed E-state index contributed by atoms with van der Waals surface area (Å²) in [6.45, 7) is 0.229. The molecule has 160 valence electrons. The van der Waals surface area contributed by atoms with E-state index < -0.39 is 16.1 Å². The van der Waals surface area contributed by atoms with Gasteiger partial charge >= 0.3 is 0 Å². The van der Waals surface area contributed by atoms with Crippen LogP contribution in [-0.2, 0) is 21.1 Å². The SMILES string of the molecule is NC1=C(S(=O)(=O)c2ccc(Cl)cc2)N(Cc2ccccc2)C(c2ccc(Cl)cc2Cl)O1. The van der Waals surface area contributed by atoms with Crippen LogP contribution in [0.15, 0.2) is 88.6 Å². The molecule has 0 bridgehead atoms. The third-order valence-electron chi connectivity index (χ3n) is 4.80. The van der Waals surface area contributed by atoms with Gasteiger partial charge in [-0.3, -0.25) is 0 Å². The van der Waals surface area contributed by atoms with Crippen LogP contribution in [0.3, 0.4) is 0 Å². The van der Waals surface area contributed by atoms with E-state index in [9.17, 15) is 8.42 Å². The van der Waals surface area contributed by atoms with Gasteiger partial charge in [-0.1, -0.05) is 71.2 Å². The molecule has 31 heavy (non-hydrogen) atoms. The van der Waals surface area contributed by atoms with Gasteiger partial charge in [0.2, 0.25) is 21.9 Å². The maximum Gasteiger partial charge on any atom is 0.227 e. The van der Waals surface area contributed by atoms with E-state index in [2.05, 4.69) is 0 Å². The molecular formula is C22H17Cl3N2O3S. The van der Waals surface area contributed by atoms with E-state index in [1.54, 1.807) is 23.1 Å². The van der Waals surface area contributed by atoms with Gasteiger partial charge in [0, 0.05) is 22.2 Å². The lowest BCUT2D eigenvalue weighted by atomic mass is 10.1. The molecular weight excluding hydrogens is 479 g/mol. The van der Waals surface area contributed by atoms with E-state index in [0.717, 1.165) is 5.56 Å². The highest BCUT2D eigenvalue weighted by molar-refractivity contribution is 7.95. The minimum absolute atomic E-state index is 0.0550. The van der Waals surface area contributed by atoms with Crippen molar-refractivity contribution in [3.63, 3.8) is 0 Å². The maximum atomic E-state index is 13.5. The average Bonchev–Trinajstić information content (AvgIpc) is 3.05. The summed E-state index contributed by atoms with van der Waals surface area (Å²) >= 11 is 18.4. The fourth-order valence-electron chi connectivity index (χ4n) is 3.36. The summed E-state index contributed by atoms with van der Waals surface area (Å²) < 4.78 is 32.9. The minimum atomic E-state index is -4.01. The quantitative estimate of drug-likeness (QED) is 0.489. The van der Waals surface area contributed by atoms with Crippen LogP contribution in [-0.4, -0.2) is 13.3 Å². The number of halogens is 3. The Hall–Kier alpha value is -2.38. The molecule has 3 aromatic carbocycles. The third kappa shape index (κ3) is 4.34. The Balaban J connectivity index is 1.82. The average molecular weight is 496 g/mol. The third-order valence-corrected chi connectivity index (χ3v) is 7.45. The number of hydrogen-bond acceptors (Lipinski definition) is 5. The number of hydrogen-bond donors (Lipinski definition) is 1. The monoisotopic (exact) mass is 494 g/mol. The van der Waals surface area contributed by atoms with Crippen molar-refractivity contribution in [1.82, 2.24) is 4.90 Å². The molecule has 0 aromatic heterocycles. The van der Waals surface area contributed by atoms with E-state index in [1.807, 2.05) is 30.3 Å². The first-order valence-electron chi connectivity index (χ1n) is 9.20. The fraction of sp³-hybridized carbons (Fsp3) is 0.0909. The van der Waals surface area contributed by atoms with Crippen LogP contribution in [0.2, 0.25) is 15.1 Å². The van der Waals surface area contributed by atoms with E-state index in [0.29, 0.717) is 20.6 Å². The molecule has 1 heterocycles. The van der Waals surface area contributed by atoms with Crippen LogP contribution in [0.25, 0.3) is 0 Å². The Labute approximate surface area is 195 Å². The van der Waals surface area contributed by atoms with Crippen LogP contribution in [0.5, 0.6) is 0 Å². The van der Waals surface area contributed by atoms with Crippen molar-refractivity contribution in [2.24, 2.45) is 5.73 Å². The molecule has 0 amide bonds. The van der Waals surface area contributed by atoms with Gasteiger partial charge in [0.25, 0.3) is 0 Å². The Bertz CT molecular complexity index is 1250.